The molecule has 0 bridgehead atoms. The third-order valence-electron chi connectivity index (χ3n) is 2.59. The van der Waals surface area contributed by atoms with Gasteiger partial charge in [-0.25, -0.2) is 0 Å². The fraction of sp³-hybridized carbons (Fsp3) is 0.333. The fourth-order valence-corrected chi connectivity index (χ4v) is 1.75. The van der Waals surface area contributed by atoms with E-state index < -0.39 is 0 Å². The van der Waals surface area contributed by atoms with Gasteiger partial charge < -0.3 is 5.11 Å². The second kappa shape index (κ2) is 2.91. The Morgan fingerprint density at radius 2 is 2.15 bits per heavy atom. The zero-order valence-electron chi connectivity index (χ0n) is 7.99. The van der Waals surface area contributed by atoms with Crippen LogP contribution in [-0.2, 0) is 0 Å². The summed E-state index contributed by atoms with van der Waals surface area (Å²) in [6, 6.07) is 0. The summed E-state index contributed by atoms with van der Waals surface area (Å²) >= 11 is 0. The van der Waals surface area contributed by atoms with Gasteiger partial charge in [-0.2, -0.15) is 0 Å². The topological polar surface area (TPSA) is 20.2 Å². The molecule has 0 spiro atoms. The lowest BCUT2D eigenvalue weighted by atomic mass is 9.88. The van der Waals surface area contributed by atoms with E-state index in [-0.39, 0.29) is 0 Å². The molecule has 0 saturated carbocycles. The molecule has 1 nitrogen and oxygen atoms in total. The molecular weight excluding hydrogens is 160 g/mol. The molecule has 0 aromatic heterocycles. The second-order valence-corrected chi connectivity index (χ2v) is 3.88. The summed E-state index contributed by atoms with van der Waals surface area (Å²) in [6.07, 6.45) is 10.2. The van der Waals surface area contributed by atoms with Gasteiger partial charge in [0.2, 0.25) is 0 Å². The predicted molar refractivity (Wildman–Crippen MR) is 54.3 cm³/mol. The molecule has 0 aromatic carbocycles. The lowest BCUT2D eigenvalue weighted by Crippen LogP contribution is -2.07. The van der Waals surface area contributed by atoms with Crippen molar-refractivity contribution in [1.29, 1.82) is 0 Å². The number of hydrogen-bond donors (Lipinski definition) is 1. The van der Waals surface area contributed by atoms with E-state index in [1.807, 2.05) is 18.2 Å². The van der Waals surface area contributed by atoms with Crippen LogP contribution in [0.25, 0.3) is 0 Å². The normalized spacial score (nSPS) is 25.5. The fourth-order valence-electron chi connectivity index (χ4n) is 1.75. The summed E-state index contributed by atoms with van der Waals surface area (Å²) in [5.41, 5.74) is 2.26. The molecular formula is C12H14O. The Hall–Kier alpha value is -1.24. The van der Waals surface area contributed by atoms with Crippen molar-refractivity contribution in [3.05, 3.63) is 47.3 Å². The van der Waals surface area contributed by atoms with Gasteiger partial charge in [0.1, 0.15) is 5.76 Å². The molecule has 0 amide bonds. The first-order valence-electron chi connectivity index (χ1n) is 4.69. The van der Waals surface area contributed by atoms with Crippen molar-refractivity contribution in [3.8, 4) is 0 Å². The van der Waals surface area contributed by atoms with Gasteiger partial charge in [-0.05, 0) is 17.6 Å². The van der Waals surface area contributed by atoms with Crippen LogP contribution in [0.1, 0.15) is 13.8 Å². The number of allylic oxidation sites excluding steroid dienone is 7. The lowest BCUT2D eigenvalue weighted by Gasteiger charge is -2.19. The van der Waals surface area contributed by atoms with Crippen molar-refractivity contribution in [2.45, 2.75) is 13.8 Å². The Morgan fingerprint density at radius 1 is 1.38 bits per heavy atom. The first-order valence-corrected chi connectivity index (χ1v) is 4.69. The van der Waals surface area contributed by atoms with Crippen LogP contribution in [0.15, 0.2) is 47.3 Å². The predicted octanol–water partition coefficient (Wildman–Crippen LogP) is 3.14. The maximum atomic E-state index is 9.71. The standard InChI is InChI=1S/C12H14O/c1-8(2)10-6-9-4-3-5-11(9)12(13)7-10/h3-9,13H,1-2H3. The molecule has 1 N–H and O–H groups in total. The minimum absolute atomic E-state index is 0.308. The number of hydrogen-bond acceptors (Lipinski definition) is 1. The Labute approximate surface area is 78.8 Å². The molecule has 1 atom stereocenters. The Bertz CT molecular complexity index is 340. The lowest BCUT2D eigenvalue weighted by molar-refractivity contribution is 0.413. The van der Waals surface area contributed by atoms with Gasteiger partial charge in [0.15, 0.2) is 0 Å². The number of aliphatic hydroxyl groups excluding tert-OH is 1. The summed E-state index contributed by atoms with van der Waals surface area (Å²) in [4.78, 5) is 0. The largest absolute Gasteiger partial charge is 0.508 e. The smallest absolute Gasteiger partial charge is 0.119 e. The Morgan fingerprint density at radius 3 is 2.85 bits per heavy atom. The summed E-state index contributed by atoms with van der Waals surface area (Å²) in [6.45, 7) is 4.28. The molecule has 2 aliphatic carbocycles. The van der Waals surface area contributed by atoms with Gasteiger partial charge in [-0.1, -0.05) is 38.2 Å². The highest BCUT2D eigenvalue weighted by molar-refractivity contribution is 5.49. The second-order valence-electron chi connectivity index (χ2n) is 3.88. The van der Waals surface area contributed by atoms with Crippen molar-refractivity contribution in [3.63, 3.8) is 0 Å². The Kier molecular flexibility index (Phi) is 1.87. The van der Waals surface area contributed by atoms with Crippen LogP contribution < -0.4 is 0 Å². The van der Waals surface area contributed by atoms with Crippen LogP contribution in [0.5, 0.6) is 0 Å². The molecule has 2 aliphatic rings. The van der Waals surface area contributed by atoms with Gasteiger partial charge in [-0.3, -0.25) is 0 Å². The monoisotopic (exact) mass is 174 g/mol. The van der Waals surface area contributed by atoms with Crippen LogP contribution in [0, 0.1) is 11.8 Å². The van der Waals surface area contributed by atoms with Crippen LogP contribution in [0.2, 0.25) is 0 Å². The highest BCUT2D eigenvalue weighted by Crippen LogP contribution is 2.33. The van der Waals surface area contributed by atoms with Crippen molar-refractivity contribution >= 4 is 0 Å². The van der Waals surface area contributed by atoms with Crippen LogP contribution >= 0.6 is 0 Å². The van der Waals surface area contributed by atoms with Crippen molar-refractivity contribution < 1.29 is 5.11 Å². The van der Waals surface area contributed by atoms with Crippen LogP contribution in [0.4, 0.5) is 0 Å². The quantitative estimate of drug-likeness (QED) is 0.647. The van der Waals surface area contributed by atoms with Crippen molar-refractivity contribution in [2.75, 3.05) is 0 Å². The third-order valence-corrected chi connectivity index (χ3v) is 2.59. The van der Waals surface area contributed by atoms with Crippen LogP contribution in [0.3, 0.4) is 0 Å². The minimum Gasteiger partial charge on any atom is -0.508 e. The van der Waals surface area contributed by atoms with Crippen LogP contribution in [-0.4, -0.2) is 5.11 Å². The Balaban J connectivity index is 2.37. The maximum Gasteiger partial charge on any atom is 0.119 e. The molecule has 13 heavy (non-hydrogen) atoms. The number of rotatable bonds is 1. The molecule has 0 aliphatic heterocycles. The van der Waals surface area contributed by atoms with E-state index in [2.05, 4.69) is 26.0 Å². The number of fused-ring (bicyclic) bond motifs is 1. The molecule has 0 fully saturated rings. The zero-order chi connectivity index (χ0) is 9.42. The summed E-state index contributed by atoms with van der Waals surface area (Å²) in [7, 11) is 0. The van der Waals surface area contributed by atoms with Crippen molar-refractivity contribution in [1.82, 2.24) is 0 Å². The molecule has 2 rings (SSSR count). The van der Waals surface area contributed by atoms with E-state index in [1.54, 1.807) is 0 Å². The van der Waals surface area contributed by atoms with Gasteiger partial charge in [-0.15, -0.1) is 0 Å². The zero-order valence-corrected chi connectivity index (χ0v) is 7.99. The average Bonchev–Trinajstić information content (AvgIpc) is 2.51. The summed E-state index contributed by atoms with van der Waals surface area (Å²) in [5.74, 6) is 1.22. The first kappa shape index (κ1) is 8.36. The van der Waals surface area contributed by atoms with Gasteiger partial charge in [0.25, 0.3) is 0 Å². The molecule has 1 unspecified atom stereocenters. The molecule has 1 heteroatoms. The summed E-state index contributed by atoms with van der Waals surface area (Å²) < 4.78 is 0. The SMILES string of the molecule is CC(C)C1=CC2C=CC=C2C(O)=C1. The van der Waals surface area contributed by atoms with E-state index in [1.165, 1.54) is 5.57 Å². The molecule has 0 saturated heterocycles. The van der Waals surface area contributed by atoms with E-state index in [0.717, 1.165) is 5.57 Å². The molecule has 0 heterocycles. The van der Waals surface area contributed by atoms with E-state index in [9.17, 15) is 5.11 Å². The number of aliphatic hydroxyl groups is 1. The minimum atomic E-state index is 0.308. The van der Waals surface area contributed by atoms with E-state index in [4.69, 9.17) is 0 Å². The van der Waals surface area contributed by atoms with E-state index >= 15 is 0 Å². The highest BCUT2D eigenvalue weighted by Gasteiger charge is 2.21. The molecule has 68 valence electrons. The highest BCUT2D eigenvalue weighted by atomic mass is 16.3. The maximum absolute atomic E-state index is 9.71. The van der Waals surface area contributed by atoms with E-state index in [0.29, 0.717) is 17.6 Å². The molecule has 0 aromatic rings. The van der Waals surface area contributed by atoms with Gasteiger partial charge >= 0.3 is 0 Å². The van der Waals surface area contributed by atoms with Crippen molar-refractivity contribution in [2.24, 2.45) is 11.8 Å². The average molecular weight is 174 g/mol. The third kappa shape index (κ3) is 1.35. The van der Waals surface area contributed by atoms with Gasteiger partial charge in [0, 0.05) is 11.5 Å². The molecule has 0 radical (unpaired) electrons. The summed E-state index contributed by atoms with van der Waals surface area (Å²) in [5, 5.41) is 9.71. The first-order chi connectivity index (χ1) is 6.18. The van der Waals surface area contributed by atoms with Gasteiger partial charge in [0.05, 0.1) is 0 Å².